The van der Waals surface area contributed by atoms with Crippen molar-refractivity contribution in [3.8, 4) is 0 Å². The van der Waals surface area contributed by atoms with Crippen LogP contribution in [-0.2, 0) is 14.3 Å². The molecule has 4 rings (SSSR count). The summed E-state index contributed by atoms with van der Waals surface area (Å²) in [5.74, 6) is 2.55. The Labute approximate surface area is 172 Å². The molecular formula is C25H42O3. The number of rotatable bonds is 6. The molecule has 8 atom stereocenters. The van der Waals surface area contributed by atoms with Gasteiger partial charge >= 0.3 is 0 Å². The van der Waals surface area contributed by atoms with E-state index in [1.54, 1.807) is 0 Å². The molecule has 0 amide bonds. The topological polar surface area (TPSA) is 35.5 Å². The Morgan fingerprint density at radius 1 is 0.893 bits per heavy atom. The molecular weight excluding hydrogens is 348 g/mol. The molecule has 0 aromatic heterocycles. The van der Waals surface area contributed by atoms with Crippen LogP contribution in [0.3, 0.4) is 0 Å². The normalized spacial score (nSPS) is 48.1. The largest absolute Gasteiger partial charge is 0.378 e. The molecule has 0 spiro atoms. The molecule has 28 heavy (non-hydrogen) atoms. The molecule has 3 nitrogen and oxygen atoms in total. The van der Waals surface area contributed by atoms with Gasteiger partial charge in [0.05, 0.1) is 12.2 Å². The van der Waals surface area contributed by atoms with Crippen LogP contribution >= 0.6 is 0 Å². The molecule has 0 aromatic rings. The van der Waals surface area contributed by atoms with Gasteiger partial charge in [-0.3, -0.25) is 4.79 Å². The van der Waals surface area contributed by atoms with Crippen molar-refractivity contribution in [2.45, 2.75) is 104 Å². The van der Waals surface area contributed by atoms with Gasteiger partial charge in [0, 0.05) is 25.6 Å². The number of carbonyl (C=O) groups is 1. The molecule has 4 fully saturated rings. The van der Waals surface area contributed by atoms with E-state index in [1.807, 2.05) is 0 Å². The van der Waals surface area contributed by atoms with Crippen LogP contribution in [-0.4, -0.2) is 31.2 Å². The Kier molecular flexibility index (Phi) is 5.97. The lowest BCUT2D eigenvalue weighted by Crippen LogP contribution is -2.57. The number of ketones is 1. The van der Waals surface area contributed by atoms with Gasteiger partial charge in [-0.05, 0) is 86.4 Å². The lowest BCUT2D eigenvalue weighted by atomic mass is 9.45. The molecule has 0 radical (unpaired) electrons. The Morgan fingerprint density at radius 3 is 2.32 bits per heavy atom. The van der Waals surface area contributed by atoms with Gasteiger partial charge in [0.1, 0.15) is 5.78 Å². The maximum Gasteiger partial charge on any atom is 0.136 e. The van der Waals surface area contributed by atoms with Gasteiger partial charge in [0.2, 0.25) is 0 Å². The molecule has 0 unspecified atom stereocenters. The minimum absolute atomic E-state index is 0.219. The quantitative estimate of drug-likeness (QED) is 0.575. The highest BCUT2D eigenvalue weighted by Gasteiger charge is 2.63. The zero-order chi connectivity index (χ0) is 19.9. The van der Waals surface area contributed by atoms with Crippen LogP contribution in [0.5, 0.6) is 0 Å². The summed E-state index contributed by atoms with van der Waals surface area (Å²) in [4.78, 5) is 13.5. The zero-order valence-corrected chi connectivity index (χ0v) is 18.7. The highest BCUT2D eigenvalue weighted by atomic mass is 16.5. The molecule has 4 aliphatic carbocycles. The van der Waals surface area contributed by atoms with Crippen molar-refractivity contribution in [2.75, 3.05) is 13.2 Å². The van der Waals surface area contributed by atoms with Crippen molar-refractivity contribution >= 4 is 5.78 Å². The van der Waals surface area contributed by atoms with Crippen LogP contribution in [0.4, 0.5) is 0 Å². The van der Waals surface area contributed by atoms with E-state index >= 15 is 0 Å². The number of Topliss-reactive ketones (excluding diaryl/α,β-unsaturated/α-hetero) is 1. The lowest BCUT2D eigenvalue weighted by Gasteiger charge is -2.60. The van der Waals surface area contributed by atoms with E-state index < -0.39 is 0 Å². The second kappa shape index (κ2) is 8.02. The second-order valence-electron chi connectivity index (χ2n) is 10.9. The van der Waals surface area contributed by atoms with Crippen LogP contribution in [0.2, 0.25) is 0 Å². The molecule has 0 N–H and O–H groups in total. The fourth-order valence-corrected chi connectivity index (χ4v) is 7.81. The predicted octanol–water partition coefficient (Wildman–Crippen LogP) is 5.80. The molecule has 0 heterocycles. The summed E-state index contributed by atoms with van der Waals surface area (Å²) in [6.07, 6.45) is 12.1. The van der Waals surface area contributed by atoms with Crippen molar-refractivity contribution in [1.29, 1.82) is 0 Å². The van der Waals surface area contributed by atoms with E-state index in [0.29, 0.717) is 47.1 Å². The van der Waals surface area contributed by atoms with E-state index in [0.717, 1.165) is 45.3 Å². The fourth-order valence-electron chi connectivity index (χ4n) is 7.81. The Hall–Kier alpha value is -0.410. The summed E-state index contributed by atoms with van der Waals surface area (Å²) in [6.45, 7) is 11.1. The molecule has 0 aliphatic heterocycles. The third-order valence-corrected chi connectivity index (χ3v) is 9.42. The summed E-state index contributed by atoms with van der Waals surface area (Å²) < 4.78 is 12.4. The fraction of sp³-hybridized carbons (Fsp3) is 0.960. The highest BCUT2D eigenvalue weighted by Crippen LogP contribution is 2.65. The van der Waals surface area contributed by atoms with Crippen molar-refractivity contribution in [1.82, 2.24) is 0 Å². The number of fused-ring (bicyclic) bond motifs is 5. The number of ether oxygens (including phenoxy) is 2. The summed E-state index contributed by atoms with van der Waals surface area (Å²) in [6, 6.07) is 0. The lowest BCUT2D eigenvalue weighted by molar-refractivity contribution is -0.166. The van der Waals surface area contributed by atoms with E-state index in [1.165, 1.54) is 32.1 Å². The Balaban J connectivity index is 1.52. The van der Waals surface area contributed by atoms with Crippen LogP contribution in [0.25, 0.3) is 0 Å². The molecule has 4 aliphatic rings. The third kappa shape index (κ3) is 3.29. The minimum atomic E-state index is 0.219. The minimum Gasteiger partial charge on any atom is -0.378 e. The van der Waals surface area contributed by atoms with Crippen molar-refractivity contribution < 1.29 is 14.3 Å². The average Bonchev–Trinajstić information content (AvgIpc) is 3.01. The first-order valence-electron chi connectivity index (χ1n) is 12.2. The maximum atomic E-state index is 13.5. The SMILES string of the molecule is CCCO[C@H]1CC[C@@]2(C)[C@@H](CC(=O)[C@@H]3[C@@H]2CC[C@]2(C)[C@@H](OCCC)CC[C@@H]32)C1. The van der Waals surface area contributed by atoms with Crippen molar-refractivity contribution in [3.63, 3.8) is 0 Å². The molecule has 0 bridgehead atoms. The van der Waals surface area contributed by atoms with Gasteiger partial charge in [-0.25, -0.2) is 0 Å². The molecule has 3 heteroatoms. The van der Waals surface area contributed by atoms with Gasteiger partial charge in [0.15, 0.2) is 0 Å². The third-order valence-electron chi connectivity index (χ3n) is 9.42. The molecule has 0 aromatic carbocycles. The Morgan fingerprint density at radius 2 is 1.57 bits per heavy atom. The second-order valence-corrected chi connectivity index (χ2v) is 10.9. The van der Waals surface area contributed by atoms with E-state index in [4.69, 9.17) is 9.47 Å². The van der Waals surface area contributed by atoms with E-state index in [-0.39, 0.29) is 5.41 Å². The van der Waals surface area contributed by atoms with Crippen LogP contribution in [0.15, 0.2) is 0 Å². The zero-order valence-electron chi connectivity index (χ0n) is 18.7. The monoisotopic (exact) mass is 390 g/mol. The first kappa shape index (κ1) is 20.8. The van der Waals surface area contributed by atoms with Crippen molar-refractivity contribution in [2.24, 2.45) is 34.5 Å². The van der Waals surface area contributed by atoms with Gasteiger partial charge in [-0.2, -0.15) is 0 Å². The van der Waals surface area contributed by atoms with E-state index in [9.17, 15) is 4.79 Å². The van der Waals surface area contributed by atoms with Gasteiger partial charge in [-0.15, -0.1) is 0 Å². The summed E-state index contributed by atoms with van der Waals surface area (Å²) in [5, 5.41) is 0. The van der Waals surface area contributed by atoms with Crippen LogP contribution in [0.1, 0.15) is 91.9 Å². The smallest absolute Gasteiger partial charge is 0.136 e. The van der Waals surface area contributed by atoms with Gasteiger partial charge in [-0.1, -0.05) is 27.7 Å². The molecule has 4 saturated carbocycles. The standard InChI is InChI=1S/C25H42O3/c1-5-13-27-18-9-11-24(3)17(15-18)16-21(26)23-19-7-8-22(28-14-6-2)25(19,4)12-10-20(23)24/h17-20,22-23H,5-16H2,1-4H3/t17-,18+,19+,20+,22+,23+,24+,25+/m1/s1. The first-order chi connectivity index (χ1) is 13.4. The maximum absolute atomic E-state index is 13.5. The summed E-state index contributed by atoms with van der Waals surface area (Å²) in [7, 11) is 0. The average molecular weight is 391 g/mol. The highest BCUT2D eigenvalue weighted by molar-refractivity contribution is 5.83. The predicted molar refractivity (Wildman–Crippen MR) is 112 cm³/mol. The molecule has 160 valence electrons. The number of carbonyl (C=O) groups excluding carboxylic acids is 1. The summed E-state index contributed by atoms with van der Waals surface area (Å²) >= 11 is 0. The van der Waals surface area contributed by atoms with Crippen LogP contribution in [0, 0.1) is 34.5 Å². The van der Waals surface area contributed by atoms with Gasteiger partial charge in [0.25, 0.3) is 0 Å². The van der Waals surface area contributed by atoms with Gasteiger partial charge < -0.3 is 9.47 Å². The summed E-state index contributed by atoms with van der Waals surface area (Å²) in [5.41, 5.74) is 0.560. The number of hydrogen-bond acceptors (Lipinski definition) is 3. The van der Waals surface area contributed by atoms with E-state index in [2.05, 4.69) is 27.7 Å². The molecule has 0 saturated heterocycles. The van der Waals surface area contributed by atoms with Crippen LogP contribution < -0.4 is 0 Å². The van der Waals surface area contributed by atoms with Crippen molar-refractivity contribution in [3.05, 3.63) is 0 Å². The number of hydrogen-bond donors (Lipinski definition) is 0. The Bertz CT molecular complexity index is 574. The first-order valence-corrected chi connectivity index (χ1v) is 12.2.